The Kier molecular flexibility index (Phi) is 5.09. The monoisotopic (exact) mass is 228 g/mol. The lowest BCUT2D eigenvalue weighted by Gasteiger charge is -2.22. The van der Waals surface area contributed by atoms with Crippen molar-refractivity contribution in [2.24, 2.45) is 5.11 Å². The summed E-state index contributed by atoms with van der Waals surface area (Å²) >= 11 is 0. The van der Waals surface area contributed by atoms with Gasteiger partial charge in [0.25, 0.3) is 0 Å². The molecular formula is C13H16N4. The summed E-state index contributed by atoms with van der Waals surface area (Å²) in [5.74, 6) is 2.63. The molecule has 1 aromatic carbocycles. The Morgan fingerprint density at radius 3 is 2.65 bits per heavy atom. The highest BCUT2D eigenvalue weighted by atomic mass is 15.1. The van der Waals surface area contributed by atoms with Crippen molar-refractivity contribution in [2.45, 2.75) is 19.4 Å². The van der Waals surface area contributed by atoms with Crippen LogP contribution < -0.4 is 0 Å². The standard InChI is InChI=1S/C13H16N4/c1-4-9-17(3)11(2)10-12-5-7-13(8-6-12)15-16-14/h1,5-8,11H,9-10H2,2-3H3/t11-/m0/s1. The van der Waals surface area contributed by atoms with Crippen LogP contribution in [0, 0.1) is 12.3 Å². The molecule has 0 spiro atoms. The molecule has 0 bridgehead atoms. The lowest BCUT2D eigenvalue weighted by molar-refractivity contribution is 0.287. The smallest absolute Gasteiger partial charge is 0.0598 e. The summed E-state index contributed by atoms with van der Waals surface area (Å²) in [5.41, 5.74) is 10.1. The topological polar surface area (TPSA) is 52.0 Å². The van der Waals surface area contributed by atoms with Gasteiger partial charge in [-0.05, 0) is 31.5 Å². The minimum Gasteiger partial charge on any atom is -0.292 e. The molecule has 1 aromatic rings. The predicted octanol–water partition coefficient (Wildman–Crippen LogP) is 3.12. The van der Waals surface area contributed by atoms with Crippen LogP contribution in [0.3, 0.4) is 0 Å². The average Bonchev–Trinajstić information content (AvgIpc) is 2.32. The summed E-state index contributed by atoms with van der Waals surface area (Å²) in [6.07, 6.45) is 6.20. The maximum absolute atomic E-state index is 8.30. The van der Waals surface area contributed by atoms with Gasteiger partial charge in [-0.1, -0.05) is 35.3 Å². The molecule has 4 nitrogen and oxygen atoms in total. The molecular weight excluding hydrogens is 212 g/mol. The molecule has 0 saturated carbocycles. The van der Waals surface area contributed by atoms with Crippen LogP contribution in [0.15, 0.2) is 29.4 Å². The van der Waals surface area contributed by atoms with Gasteiger partial charge in [0.05, 0.1) is 6.54 Å². The molecule has 0 aliphatic carbocycles. The Balaban J connectivity index is 2.63. The third kappa shape index (κ3) is 4.20. The number of likely N-dealkylation sites (N-methyl/N-ethyl adjacent to an activating group) is 1. The fraction of sp³-hybridized carbons (Fsp3) is 0.385. The van der Waals surface area contributed by atoms with Crippen molar-refractivity contribution in [1.29, 1.82) is 0 Å². The van der Waals surface area contributed by atoms with Gasteiger partial charge in [-0.15, -0.1) is 6.42 Å². The van der Waals surface area contributed by atoms with Crippen LogP contribution in [0.1, 0.15) is 12.5 Å². The van der Waals surface area contributed by atoms with E-state index in [9.17, 15) is 0 Å². The van der Waals surface area contributed by atoms with Crippen molar-refractivity contribution >= 4 is 5.69 Å². The third-order valence-electron chi connectivity index (χ3n) is 2.72. The fourth-order valence-electron chi connectivity index (χ4n) is 1.55. The Bertz CT molecular complexity index is 437. The number of hydrogen-bond donors (Lipinski definition) is 0. The highest BCUT2D eigenvalue weighted by molar-refractivity contribution is 5.38. The highest BCUT2D eigenvalue weighted by Crippen LogP contribution is 2.15. The van der Waals surface area contributed by atoms with E-state index in [2.05, 4.69) is 27.8 Å². The summed E-state index contributed by atoms with van der Waals surface area (Å²) in [5, 5.41) is 3.54. The Morgan fingerprint density at radius 1 is 1.47 bits per heavy atom. The van der Waals surface area contributed by atoms with Crippen molar-refractivity contribution in [3.63, 3.8) is 0 Å². The summed E-state index contributed by atoms with van der Waals surface area (Å²) in [7, 11) is 2.01. The summed E-state index contributed by atoms with van der Waals surface area (Å²) in [4.78, 5) is 4.87. The van der Waals surface area contributed by atoms with E-state index in [0.717, 1.165) is 6.42 Å². The number of azide groups is 1. The van der Waals surface area contributed by atoms with Crippen molar-refractivity contribution in [1.82, 2.24) is 4.90 Å². The number of terminal acetylenes is 1. The zero-order valence-electron chi connectivity index (χ0n) is 10.2. The van der Waals surface area contributed by atoms with E-state index >= 15 is 0 Å². The molecule has 4 heteroatoms. The zero-order chi connectivity index (χ0) is 12.7. The van der Waals surface area contributed by atoms with E-state index in [4.69, 9.17) is 12.0 Å². The van der Waals surface area contributed by atoms with Gasteiger partial charge in [0, 0.05) is 16.6 Å². The van der Waals surface area contributed by atoms with Gasteiger partial charge < -0.3 is 0 Å². The molecule has 88 valence electrons. The van der Waals surface area contributed by atoms with Gasteiger partial charge in [0.2, 0.25) is 0 Å². The number of rotatable bonds is 5. The number of nitrogens with zero attached hydrogens (tertiary/aromatic N) is 4. The first-order valence-corrected chi connectivity index (χ1v) is 5.45. The minimum atomic E-state index is 0.386. The first-order valence-electron chi connectivity index (χ1n) is 5.45. The Hall–Kier alpha value is -1.95. The van der Waals surface area contributed by atoms with E-state index in [0.29, 0.717) is 18.3 Å². The quantitative estimate of drug-likeness (QED) is 0.330. The second-order valence-corrected chi connectivity index (χ2v) is 4.03. The zero-order valence-corrected chi connectivity index (χ0v) is 10.2. The van der Waals surface area contributed by atoms with Crippen molar-refractivity contribution < 1.29 is 0 Å². The Morgan fingerprint density at radius 2 is 2.12 bits per heavy atom. The minimum absolute atomic E-state index is 0.386. The van der Waals surface area contributed by atoms with Crippen LogP contribution in [0.4, 0.5) is 5.69 Å². The number of benzene rings is 1. The molecule has 0 aliphatic heterocycles. The Labute approximate surface area is 102 Å². The van der Waals surface area contributed by atoms with Gasteiger partial charge in [0.1, 0.15) is 0 Å². The predicted molar refractivity (Wildman–Crippen MR) is 69.9 cm³/mol. The van der Waals surface area contributed by atoms with Gasteiger partial charge in [0.15, 0.2) is 0 Å². The van der Waals surface area contributed by atoms with E-state index in [1.165, 1.54) is 5.56 Å². The summed E-state index contributed by atoms with van der Waals surface area (Å²) < 4.78 is 0. The third-order valence-corrected chi connectivity index (χ3v) is 2.72. The normalized spacial score (nSPS) is 11.6. The van der Waals surface area contributed by atoms with E-state index < -0.39 is 0 Å². The maximum atomic E-state index is 8.30. The molecule has 1 rings (SSSR count). The molecule has 17 heavy (non-hydrogen) atoms. The van der Waals surface area contributed by atoms with Crippen LogP contribution in [0.2, 0.25) is 0 Å². The van der Waals surface area contributed by atoms with Crippen LogP contribution in [-0.2, 0) is 6.42 Å². The fourth-order valence-corrected chi connectivity index (χ4v) is 1.55. The highest BCUT2D eigenvalue weighted by Gasteiger charge is 2.08. The molecule has 0 saturated heterocycles. The van der Waals surface area contributed by atoms with Crippen LogP contribution in [-0.4, -0.2) is 24.5 Å². The van der Waals surface area contributed by atoms with E-state index in [1.807, 2.05) is 31.3 Å². The van der Waals surface area contributed by atoms with E-state index in [-0.39, 0.29) is 0 Å². The van der Waals surface area contributed by atoms with Crippen LogP contribution in [0.5, 0.6) is 0 Å². The lowest BCUT2D eigenvalue weighted by atomic mass is 10.1. The van der Waals surface area contributed by atoms with Crippen molar-refractivity contribution in [3.8, 4) is 12.3 Å². The summed E-state index contributed by atoms with van der Waals surface area (Å²) in [6, 6.07) is 7.98. The van der Waals surface area contributed by atoms with Gasteiger partial charge >= 0.3 is 0 Å². The van der Waals surface area contributed by atoms with Gasteiger partial charge in [-0.2, -0.15) is 0 Å². The lowest BCUT2D eigenvalue weighted by Crippen LogP contribution is -2.31. The molecule has 0 amide bonds. The van der Waals surface area contributed by atoms with Crippen LogP contribution in [0.25, 0.3) is 10.4 Å². The largest absolute Gasteiger partial charge is 0.292 e. The molecule has 0 fully saturated rings. The summed E-state index contributed by atoms with van der Waals surface area (Å²) in [6.45, 7) is 2.79. The first-order chi connectivity index (χ1) is 8.17. The second-order valence-electron chi connectivity index (χ2n) is 4.03. The molecule has 0 radical (unpaired) electrons. The number of hydrogen-bond acceptors (Lipinski definition) is 2. The second kappa shape index (κ2) is 6.59. The van der Waals surface area contributed by atoms with Gasteiger partial charge in [-0.25, -0.2) is 0 Å². The first kappa shape index (κ1) is 13.1. The molecule has 0 N–H and O–H groups in total. The molecule has 0 unspecified atom stereocenters. The van der Waals surface area contributed by atoms with Gasteiger partial charge in [-0.3, -0.25) is 4.90 Å². The average molecular weight is 228 g/mol. The molecule has 1 atom stereocenters. The molecule has 0 aromatic heterocycles. The van der Waals surface area contributed by atoms with Crippen LogP contribution >= 0.6 is 0 Å². The SMILES string of the molecule is C#CCN(C)[C@@H](C)Cc1ccc(N=[N+]=[N-])cc1. The maximum Gasteiger partial charge on any atom is 0.0598 e. The molecule has 0 heterocycles. The van der Waals surface area contributed by atoms with Crippen molar-refractivity contribution in [2.75, 3.05) is 13.6 Å². The van der Waals surface area contributed by atoms with Crippen molar-refractivity contribution in [3.05, 3.63) is 40.3 Å². The molecule has 0 aliphatic rings. The van der Waals surface area contributed by atoms with E-state index in [1.54, 1.807) is 0 Å².